The van der Waals surface area contributed by atoms with Crippen molar-refractivity contribution in [1.82, 2.24) is 5.43 Å². The Morgan fingerprint density at radius 1 is 1.58 bits per heavy atom. The van der Waals surface area contributed by atoms with Crippen molar-refractivity contribution in [2.75, 3.05) is 6.61 Å². The Kier molecular flexibility index (Phi) is 5.08. The summed E-state index contributed by atoms with van der Waals surface area (Å²) in [5, 5.41) is 3.83. The molecule has 0 aromatic heterocycles. The minimum Gasteiger partial charge on any atom is -0.449 e. The average Bonchev–Trinajstić information content (AvgIpc) is 2.00. The lowest BCUT2D eigenvalue weighted by Crippen LogP contribution is -2.21. The summed E-state index contributed by atoms with van der Waals surface area (Å²) >= 11 is 0. The molecule has 12 heavy (non-hydrogen) atoms. The minimum absolute atomic E-state index is 0.340. The Morgan fingerprint density at radius 3 is 2.58 bits per heavy atom. The number of carbonyl (C=O) groups is 1. The molecule has 0 aromatic carbocycles. The second-order valence-corrected chi connectivity index (χ2v) is 2.74. The molecule has 0 spiro atoms. The molecule has 0 aliphatic carbocycles. The zero-order valence-electron chi connectivity index (χ0n) is 8.05. The van der Waals surface area contributed by atoms with Gasteiger partial charge in [-0.15, -0.1) is 0 Å². The van der Waals surface area contributed by atoms with E-state index in [9.17, 15) is 4.79 Å². The lowest BCUT2D eigenvalue weighted by atomic mass is 10.1. The maximum Gasteiger partial charge on any atom is 0.427 e. The summed E-state index contributed by atoms with van der Waals surface area (Å²) in [7, 11) is 0. The zero-order chi connectivity index (χ0) is 9.56. The Hall–Kier alpha value is -1.06. The highest BCUT2D eigenvalue weighted by molar-refractivity contribution is 5.84. The van der Waals surface area contributed by atoms with Gasteiger partial charge in [0.05, 0.1) is 6.61 Å². The van der Waals surface area contributed by atoms with E-state index in [1.54, 1.807) is 6.92 Å². The van der Waals surface area contributed by atoms with E-state index >= 15 is 0 Å². The summed E-state index contributed by atoms with van der Waals surface area (Å²) in [5.41, 5.74) is 3.17. The molecule has 0 bridgehead atoms. The van der Waals surface area contributed by atoms with Gasteiger partial charge in [0.2, 0.25) is 0 Å². The predicted octanol–water partition coefficient (Wildman–Crippen LogP) is 1.76. The van der Waals surface area contributed by atoms with E-state index < -0.39 is 6.09 Å². The first-order valence-corrected chi connectivity index (χ1v) is 4.04. The van der Waals surface area contributed by atoms with Crippen LogP contribution >= 0.6 is 0 Å². The van der Waals surface area contributed by atoms with E-state index in [-0.39, 0.29) is 0 Å². The third kappa shape index (κ3) is 4.71. The molecule has 4 heteroatoms. The Labute approximate surface area is 73.0 Å². The van der Waals surface area contributed by atoms with Crippen LogP contribution in [-0.2, 0) is 4.74 Å². The number of carbonyl (C=O) groups excluding carboxylic acids is 1. The number of ether oxygens (including phenoxy) is 1. The predicted molar refractivity (Wildman–Crippen MR) is 48.1 cm³/mol. The van der Waals surface area contributed by atoms with Gasteiger partial charge in [-0.05, 0) is 19.8 Å². The number of nitrogens with one attached hydrogen (secondary N) is 1. The maximum absolute atomic E-state index is 10.7. The lowest BCUT2D eigenvalue weighted by molar-refractivity contribution is 0.152. The highest BCUT2D eigenvalue weighted by Crippen LogP contribution is 1.94. The van der Waals surface area contributed by atoms with Crippen LogP contribution in [-0.4, -0.2) is 18.4 Å². The summed E-state index contributed by atoms with van der Waals surface area (Å²) in [4.78, 5) is 10.7. The standard InChI is InChI=1S/C8H16N2O2/c1-5-12-8(11)10-9-7(4)6(2)3/h6H,5H2,1-4H3,(H,10,11)/b9-7+. The molecule has 0 aromatic rings. The van der Waals surface area contributed by atoms with Crippen molar-refractivity contribution in [1.29, 1.82) is 0 Å². The fourth-order valence-corrected chi connectivity index (χ4v) is 0.426. The quantitative estimate of drug-likeness (QED) is 0.521. The van der Waals surface area contributed by atoms with Gasteiger partial charge in [-0.25, -0.2) is 10.2 Å². The van der Waals surface area contributed by atoms with Crippen molar-refractivity contribution in [3.8, 4) is 0 Å². The molecular formula is C8H16N2O2. The lowest BCUT2D eigenvalue weighted by Gasteiger charge is -2.04. The van der Waals surface area contributed by atoms with E-state index in [4.69, 9.17) is 0 Å². The minimum atomic E-state index is -0.502. The molecule has 0 rings (SSSR count). The molecule has 0 heterocycles. The van der Waals surface area contributed by atoms with Crippen molar-refractivity contribution in [3.63, 3.8) is 0 Å². The van der Waals surface area contributed by atoms with Gasteiger partial charge in [-0.2, -0.15) is 5.10 Å². The van der Waals surface area contributed by atoms with E-state index in [1.807, 2.05) is 20.8 Å². The summed E-state index contributed by atoms with van der Waals surface area (Å²) in [6.45, 7) is 7.98. The molecule has 0 saturated carbocycles. The van der Waals surface area contributed by atoms with E-state index in [2.05, 4.69) is 15.3 Å². The molecule has 0 aliphatic rings. The first-order valence-electron chi connectivity index (χ1n) is 4.04. The second-order valence-electron chi connectivity index (χ2n) is 2.74. The maximum atomic E-state index is 10.7. The third-order valence-corrected chi connectivity index (χ3v) is 1.43. The van der Waals surface area contributed by atoms with Crippen LogP contribution in [0.1, 0.15) is 27.7 Å². The number of hydrogen-bond donors (Lipinski definition) is 1. The van der Waals surface area contributed by atoms with Crippen molar-refractivity contribution in [2.24, 2.45) is 11.0 Å². The third-order valence-electron chi connectivity index (χ3n) is 1.43. The van der Waals surface area contributed by atoms with Gasteiger partial charge in [0.25, 0.3) is 0 Å². The van der Waals surface area contributed by atoms with Gasteiger partial charge >= 0.3 is 6.09 Å². The molecule has 0 radical (unpaired) electrons. The van der Waals surface area contributed by atoms with Crippen molar-refractivity contribution in [2.45, 2.75) is 27.7 Å². The topological polar surface area (TPSA) is 50.7 Å². The molecular weight excluding hydrogens is 156 g/mol. The fraction of sp³-hybridized carbons (Fsp3) is 0.750. The van der Waals surface area contributed by atoms with Crippen LogP contribution in [0.15, 0.2) is 5.10 Å². The molecule has 4 nitrogen and oxygen atoms in total. The number of amides is 1. The number of hydrazone groups is 1. The van der Waals surface area contributed by atoms with Crippen LogP contribution in [0.4, 0.5) is 4.79 Å². The van der Waals surface area contributed by atoms with Gasteiger partial charge in [-0.1, -0.05) is 13.8 Å². The highest BCUT2D eigenvalue weighted by atomic mass is 16.5. The monoisotopic (exact) mass is 172 g/mol. The number of rotatable bonds is 3. The van der Waals surface area contributed by atoms with Crippen LogP contribution in [0.25, 0.3) is 0 Å². The largest absolute Gasteiger partial charge is 0.449 e. The molecule has 1 N–H and O–H groups in total. The molecule has 0 saturated heterocycles. The van der Waals surface area contributed by atoms with Gasteiger partial charge < -0.3 is 4.74 Å². The van der Waals surface area contributed by atoms with E-state index in [0.29, 0.717) is 12.5 Å². The number of nitrogens with zero attached hydrogens (tertiary/aromatic N) is 1. The molecule has 0 atom stereocenters. The smallest absolute Gasteiger partial charge is 0.427 e. The van der Waals surface area contributed by atoms with Gasteiger partial charge in [0.15, 0.2) is 0 Å². The summed E-state index contributed by atoms with van der Waals surface area (Å²) in [6.07, 6.45) is -0.502. The summed E-state index contributed by atoms with van der Waals surface area (Å²) < 4.78 is 4.61. The Bertz CT molecular complexity index is 176. The molecule has 1 amide bonds. The zero-order valence-corrected chi connectivity index (χ0v) is 8.05. The Balaban J connectivity index is 3.79. The SMILES string of the molecule is CCOC(=O)N/N=C(\C)C(C)C. The molecule has 0 fully saturated rings. The molecule has 0 unspecified atom stereocenters. The second kappa shape index (κ2) is 5.57. The Morgan fingerprint density at radius 2 is 2.17 bits per heavy atom. The summed E-state index contributed by atoms with van der Waals surface area (Å²) in [5.74, 6) is 0.340. The van der Waals surface area contributed by atoms with E-state index in [1.165, 1.54) is 0 Å². The van der Waals surface area contributed by atoms with E-state index in [0.717, 1.165) is 5.71 Å². The van der Waals surface area contributed by atoms with Gasteiger partial charge in [0.1, 0.15) is 0 Å². The molecule has 0 aliphatic heterocycles. The van der Waals surface area contributed by atoms with Gasteiger partial charge in [0, 0.05) is 5.71 Å². The first kappa shape index (κ1) is 10.9. The highest BCUT2D eigenvalue weighted by Gasteiger charge is 2.00. The normalized spacial score (nSPS) is 11.6. The number of hydrogen-bond acceptors (Lipinski definition) is 3. The van der Waals surface area contributed by atoms with Crippen LogP contribution in [0, 0.1) is 5.92 Å². The molecule has 70 valence electrons. The van der Waals surface area contributed by atoms with Crippen molar-refractivity contribution >= 4 is 11.8 Å². The van der Waals surface area contributed by atoms with Crippen LogP contribution < -0.4 is 5.43 Å². The average molecular weight is 172 g/mol. The first-order chi connectivity index (χ1) is 5.57. The van der Waals surface area contributed by atoms with Crippen LogP contribution in [0.2, 0.25) is 0 Å². The van der Waals surface area contributed by atoms with Crippen molar-refractivity contribution in [3.05, 3.63) is 0 Å². The fourth-order valence-electron chi connectivity index (χ4n) is 0.426. The van der Waals surface area contributed by atoms with Crippen LogP contribution in [0.5, 0.6) is 0 Å². The van der Waals surface area contributed by atoms with Crippen molar-refractivity contribution < 1.29 is 9.53 Å². The summed E-state index contributed by atoms with van der Waals surface area (Å²) in [6, 6.07) is 0. The van der Waals surface area contributed by atoms with Crippen LogP contribution in [0.3, 0.4) is 0 Å². The van der Waals surface area contributed by atoms with Gasteiger partial charge in [-0.3, -0.25) is 0 Å².